The summed E-state index contributed by atoms with van der Waals surface area (Å²) in [6, 6.07) is 22.4. The molecule has 7 nitrogen and oxygen atoms in total. The van der Waals surface area contributed by atoms with Gasteiger partial charge >= 0.3 is 5.97 Å². The Morgan fingerprint density at radius 3 is 2.16 bits per heavy atom. The predicted octanol–water partition coefficient (Wildman–Crippen LogP) is 3.74. The van der Waals surface area contributed by atoms with Crippen molar-refractivity contribution >= 4 is 29.2 Å². The number of carbonyl (C=O) groups excluding carboxylic acids is 2. The lowest BCUT2D eigenvalue weighted by molar-refractivity contribution is -0.126. The lowest BCUT2D eigenvalue weighted by atomic mass is 9.88. The molecule has 2 saturated heterocycles. The fourth-order valence-corrected chi connectivity index (χ4v) is 4.46. The summed E-state index contributed by atoms with van der Waals surface area (Å²) in [7, 11) is 0. The van der Waals surface area contributed by atoms with E-state index in [-0.39, 0.29) is 11.5 Å². The average molecular weight is 428 g/mol. The van der Waals surface area contributed by atoms with Crippen molar-refractivity contribution in [2.24, 2.45) is 5.92 Å². The Morgan fingerprint density at radius 2 is 1.50 bits per heavy atom. The molecule has 0 bridgehead atoms. The second-order valence-electron chi connectivity index (χ2n) is 7.88. The number of benzene rings is 3. The Bertz CT molecular complexity index is 1210. The minimum Gasteiger partial charge on any atom is -0.478 e. The SMILES string of the molecule is Cc1ccccc1[C@@H]1[C@@H]2C(=O)N(c3ccc(C(=O)O)cc3)C(=O)[C@H]2ON1c1ccccc1. The number of carboxylic acid groups (broad SMARTS) is 1. The fraction of sp³-hybridized carbons (Fsp3) is 0.160. The smallest absolute Gasteiger partial charge is 0.335 e. The first kappa shape index (κ1) is 20.0. The van der Waals surface area contributed by atoms with Gasteiger partial charge in [-0.15, -0.1) is 0 Å². The second kappa shape index (κ2) is 7.62. The van der Waals surface area contributed by atoms with Crippen molar-refractivity contribution in [3.8, 4) is 0 Å². The Kier molecular flexibility index (Phi) is 4.75. The molecule has 32 heavy (non-hydrogen) atoms. The van der Waals surface area contributed by atoms with Gasteiger partial charge in [-0.3, -0.25) is 14.4 Å². The van der Waals surface area contributed by atoms with Crippen molar-refractivity contribution < 1.29 is 24.3 Å². The molecule has 3 aromatic carbocycles. The van der Waals surface area contributed by atoms with Crippen LogP contribution >= 0.6 is 0 Å². The maximum atomic E-state index is 13.6. The molecule has 160 valence electrons. The van der Waals surface area contributed by atoms with E-state index in [1.54, 1.807) is 5.06 Å². The highest BCUT2D eigenvalue weighted by molar-refractivity contribution is 6.24. The number of hydrogen-bond donors (Lipinski definition) is 1. The number of carboxylic acids is 1. The van der Waals surface area contributed by atoms with Crippen LogP contribution in [0.5, 0.6) is 0 Å². The van der Waals surface area contributed by atoms with Gasteiger partial charge in [0.05, 0.1) is 23.0 Å². The van der Waals surface area contributed by atoms with Gasteiger partial charge < -0.3 is 5.11 Å². The van der Waals surface area contributed by atoms with Crippen molar-refractivity contribution in [2.75, 3.05) is 9.96 Å². The lowest BCUT2D eigenvalue weighted by Crippen LogP contribution is -2.37. The predicted molar refractivity (Wildman–Crippen MR) is 117 cm³/mol. The molecule has 2 fully saturated rings. The van der Waals surface area contributed by atoms with Crippen LogP contribution in [0.15, 0.2) is 78.9 Å². The van der Waals surface area contributed by atoms with E-state index in [4.69, 9.17) is 9.94 Å². The zero-order chi connectivity index (χ0) is 22.4. The third-order valence-electron chi connectivity index (χ3n) is 6.01. The fourth-order valence-electron chi connectivity index (χ4n) is 4.46. The van der Waals surface area contributed by atoms with Gasteiger partial charge in [0.15, 0.2) is 6.10 Å². The second-order valence-corrected chi connectivity index (χ2v) is 7.88. The zero-order valence-corrected chi connectivity index (χ0v) is 17.2. The van der Waals surface area contributed by atoms with Crippen LogP contribution in [0.2, 0.25) is 0 Å². The largest absolute Gasteiger partial charge is 0.478 e. The lowest BCUT2D eigenvalue weighted by Gasteiger charge is -2.29. The van der Waals surface area contributed by atoms with Crippen LogP contribution in [-0.2, 0) is 14.4 Å². The molecule has 3 aromatic rings. The third kappa shape index (κ3) is 3.06. The zero-order valence-electron chi connectivity index (χ0n) is 17.2. The molecule has 1 N–H and O–H groups in total. The van der Waals surface area contributed by atoms with Crippen molar-refractivity contribution in [1.29, 1.82) is 0 Å². The molecule has 0 aromatic heterocycles. The molecular formula is C25H20N2O5. The van der Waals surface area contributed by atoms with Gasteiger partial charge in [0.2, 0.25) is 5.91 Å². The highest BCUT2D eigenvalue weighted by Gasteiger charge is 2.60. The number of carbonyl (C=O) groups is 3. The topological polar surface area (TPSA) is 87.2 Å². The van der Waals surface area contributed by atoms with E-state index in [9.17, 15) is 14.4 Å². The van der Waals surface area contributed by atoms with Gasteiger partial charge in [-0.2, -0.15) is 0 Å². The number of hydrogen-bond acceptors (Lipinski definition) is 5. The molecule has 0 radical (unpaired) electrons. The summed E-state index contributed by atoms with van der Waals surface area (Å²) in [5, 5.41) is 10.8. The van der Waals surface area contributed by atoms with Crippen LogP contribution in [0.3, 0.4) is 0 Å². The van der Waals surface area contributed by atoms with Crippen molar-refractivity contribution in [2.45, 2.75) is 19.1 Å². The summed E-state index contributed by atoms with van der Waals surface area (Å²) in [4.78, 5) is 45.2. The summed E-state index contributed by atoms with van der Waals surface area (Å²) in [6.45, 7) is 1.97. The quantitative estimate of drug-likeness (QED) is 0.637. The average Bonchev–Trinajstić information content (AvgIpc) is 3.31. The first-order valence-electron chi connectivity index (χ1n) is 10.2. The normalized spacial score (nSPS) is 22.3. The minimum atomic E-state index is -1.08. The monoisotopic (exact) mass is 428 g/mol. The molecular weight excluding hydrogens is 408 g/mol. The molecule has 2 heterocycles. The Balaban J connectivity index is 1.57. The number of amides is 2. The first-order chi connectivity index (χ1) is 15.5. The molecule has 2 aliphatic heterocycles. The van der Waals surface area contributed by atoms with E-state index >= 15 is 0 Å². The number of nitrogens with zero attached hydrogens (tertiary/aromatic N) is 2. The number of hydroxylamine groups is 1. The maximum absolute atomic E-state index is 13.6. The van der Waals surface area contributed by atoms with Gasteiger partial charge in [0, 0.05) is 0 Å². The molecule has 0 unspecified atom stereocenters. The van der Waals surface area contributed by atoms with Crippen molar-refractivity contribution in [1.82, 2.24) is 0 Å². The van der Waals surface area contributed by atoms with Crippen LogP contribution in [0.25, 0.3) is 0 Å². The van der Waals surface area contributed by atoms with E-state index < -0.39 is 29.9 Å². The van der Waals surface area contributed by atoms with Crippen LogP contribution in [-0.4, -0.2) is 29.0 Å². The number of anilines is 2. The van der Waals surface area contributed by atoms with Gasteiger partial charge in [0.25, 0.3) is 5.91 Å². The van der Waals surface area contributed by atoms with Crippen LogP contribution in [0.4, 0.5) is 11.4 Å². The number of aromatic carboxylic acids is 1. The van der Waals surface area contributed by atoms with E-state index in [1.807, 2.05) is 61.5 Å². The van der Waals surface area contributed by atoms with Gasteiger partial charge in [-0.25, -0.2) is 14.8 Å². The van der Waals surface area contributed by atoms with Crippen LogP contribution in [0, 0.1) is 12.8 Å². The summed E-state index contributed by atoms with van der Waals surface area (Å²) in [6.07, 6.45) is -0.966. The number of rotatable bonds is 4. The third-order valence-corrected chi connectivity index (χ3v) is 6.01. The van der Waals surface area contributed by atoms with E-state index in [0.717, 1.165) is 21.7 Å². The first-order valence-corrected chi connectivity index (χ1v) is 10.2. The Labute approximate surface area is 184 Å². The summed E-state index contributed by atoms with van der Waals surface area (Å²) in [5.41, 5.74) is 3.07. The van der Waals surface area contributed by atoms with Gasteiger partial charge in [0.1, 0.15) is 5.92 Å². The summed E-state index contributed by atoms with van der Waals surface area (Å²) >= 11 is 0. The number of aryl methyl sites for hydroxylation is 1. The molecule has 5 rings (SSSR count). The van der Waals surface area contributed by atoms with Gasteiger partial charge in [-0.05, 0) is 54.4 Å². The highest BCUT2D eigenvalue weighted by Crippen LogP contribution is 2.48. The van der Waals surface area contributed by atoms with Gasteiger partial charge in [-0.1, -0.05) is 42.5 Å². The number of imide groups is 1. The Hall–Kier alpha value is -3.97. The molecule has 0 saturated carbocycles. The van der Waals surface area contributed by atoms with E-state index in [0.29, 0.717) is 5.69 Å². The molecule has 0 aliphatic carbocycles. The standard InChI is InChI=1S/C25H20N2O5/c1-15-7-5-6-10-19(15)21-20-22(32-27(21)18-8-3-2-4-9-18)24(29)26(23(20)28)17-13-11-16(12-14-17)25(30)31/h2-14,20-22H,1H3,(H,30,31)/t20-,21+,22-/m0/s1. The van der Waals surface area contributed by atoms with Crippen LogP contribution < -0.4 is 9.96 Å². The highest BCUT2D eigenvalue weighted by atomic mass is 16.7. The number of fused-ring (bicyclic) bond motifs is 1. The Morgan fingerprint density at radius 1 is 0.844 bits per heavy atom. The summed E-state index contributed by atoms with van der Waals surface area (Å²) in [5.74, 6) is -2.63. The minimum absolute atomic E-state index is 0.0809. The maximum Gasteiger partial charge on any atom is 0.335 e. The molecule has 7 heteroatoms. The molecule has 0 spiro atoms. The van der Waals surface area contributed by atoms with Crippen molar-refractivity contribution in [3.05, 3.63) is 95.6 Å². The van der Waals surface area contributed by atoms with E-state index in [2.05, 4.69) is 0 Å². The molecule has 3 atom stereocenters. The summed E-state index contributed by atoms with van der Waals surface area (Å²) < 4.78 is 0. The van der Waals surface area contributed by atoms with E-state index in [1.165, 1.54) is 24.3 Å². The van der Waals surface area contributed by atoms with Crippen molar-refractivity contribution in [3.63, 3.8) is 0 Å². The molecule has 2 aliphatic rings. The molecule has 2 amide bonds. The van der Waals surface area contributed by atoms with Crippen LogP contribution in [0.1, 0.15) is 27.5 Å². The number of para-hydroxylation sites is 1.